The lowest BCUT2D eigenvalue weighted by molar-refractivity contribution is 0.0991. The summed E-state index contributed by atoms with van der Waals surface area (Å²) < 4.78 is 1.77. The quantitative estimate of drug-likeness (QED) is 0.441. The zero-order valence-corrected chi connectivity index (χ0v) is 19.0. The first-order valence-corrected chi connectivity index (χ1v) is 11.2. The summed E-state index contributed by atoms with van der Waals surface area (Å²) in [5, 5.41) is 5.18. The number of anilines is 1. The highest BCUT2D eigenvalue weighted by Crippen LogP contribution is 2.23. The van der Waals surface area contributed by atoms with E-state index in [1.807, 2.05) is 43.7 Å². The van der Waals surface area contributed by atoms with Crippen molar-refractivity contribution in [2.75, 3.05) is 38.1 Å². The number of Topliss-reactive ketones (excluding diaryl/α,β-unsaturated/α-hetero) is 1. The van der Waals surface area contributed by atoms with Gasteiger partial charge >= 0.3 is 0 Å². The summed E-state index contributed by atoms with van der Waals surface area (Å²) in [5.74, 6) is 1.37. The largest absolute Gasteiger partial charge is 0.355 e. The normalized spacial score (nSPS) is 15.0. The SMILES string of the molecule is CN1CCCN(c2cc(C(=O)Cc3ncc4ccc(-c5cnn(C)c5)cc4n3)ccn2)CC1. The molecule has 4 heterocycles. The monoisotopic (exact) mass is 441 g/mol. The molecule has 1 fully saturated rings. The van der Waals surface area contributed by atoms with Crippen LogP contribution in [-0.4, -0.2) is 68.6 Å². The number of rotatable bonds is 5. The van der Waals surface area contributed by atoms with Gasteiger partial charge in [0.25, 0.3) is 0 Å². The van der Waals surface area contributed by atoms with Crippen molar-refractivity contribution in [1.82, 2.24) is 29.6 Å². The van der Waals surface area contributed by atoms with E-state index in [9.17, 15) is 4.79 Å². The highest BCUT2D eigenvalue weighted by molar-refractivity contribution is 5.98. The van der Waals surface area contributed by atoms with Gasteiger partial charge in [-0.1, -0.05) is 12.1 Å². The fraction of sp³-hybridized carbons (Fsp3) is 0.320. The maximum atomic E-state index is 13.1. The summed E-state index contributed by atoms with van der Waals surface area (Å²) >= 11 is 0. The van der Waals surface area contributed by atoms with Gasteiger partial charge in [-0.05, 0) is 43.8 Å². The first kappa shape index (κ1) is 21.2. The second-order valence-corrected chi connectivity index (χ2v) is 8.61. The molecule has 33 heavy (non-hydrogen) atoms. The summed E-state index contributed by atoms with van der Waals surface area (Å²) in [6.07, 6.45) is 8.54. The Kier molecular flexibility index (Phi) is 5.83. The fourth-order valence-electron chi connectivity index (χ4n) is 4.18. The fourth-order valence-corrected chi connectivity index (χ4v) is 4.18. The molecule has 5 rings (SSSR count). The van der Waals surface area contributed by atoms with Crippen molar-refractivity contribution in [3.05, 3.63) is 66.5 Å². The number of hydrogen-bond donors (Lipinski definition) is 0. The Morgan fingerprint density at radius 1 is 0.970 bits per heavy atom. The third-order valence-corrected chi connectivity index (χ3v) is 6.10. The molecule has 1 aromatic carbocycles. The molecule has 8 nitrogen and oxygen atoms in total. The van der Waals surface area contributed by atoms with Crippen molar-refractivity contribution in [2.24, 2.45) is 7.05 Å². The third-order valence-electron chi connectivity index (χ3n) is 6.10. The maximum absolute atomic E-state index is 13.1. The van der Waals surface area contributed by atoms with Gasteiger partial charge in [-0.15, -0.1) is 0 Å². The van der Waals surface area contributed by atoms with Gasteiger partial charge in [0.1, 0.15) is 11.6 Å². The Labute approximate surface area is 192 Å². The zero-order chi connectivity index (χ0) is 22.8. The molecule has 0 unspecified atom stereocenters. The molecule has 1 aliphatic rings. The van der Waals surface area contributed by atoms with Crippen LogP contribution in [0.3, 0.4) is 0 Å². The molecular weight excluding hydrogens is 414 g/mol. The average molecular weight is 442 g/mol. The lowest BCUT2D eigenvalue weighted by Gasteiger charge is -2.21. The number of benzene rings is 1. The van der Waals surface area contributed by atoms with E-state index < -0.39 is 0 Å². The molecule has 8 heteroatoms. The molecule has 1 saturated heterocycles. The number of ketones is 1. The highest BCUT2D eigenvalue weighted by Gasteiger charge is 2.16. The number of pyridine rings is 1. The molecule has 0 bridgehead atoms. The molecule has 4 aromatic rings. The lowest BCUT2D eigenvalue weighted by atomic mass is 10.1. The second kappa shape index (κ2) is 9.07. The van der Waals surface area contributed by atoms with Crippen molar-refractivity contribution >= 4 is 22.5 Å². The van der Waals surface area contributed by atoms with Crippen LogP contribution in [0, 0.1) is 0 Å². The number of carbonyl (C=O) groups is 1. The number of aryl methyl sites for hydroxylation is 1. The Morgan fingerprint density at radius 3 is 2.73 bits per heavy atom. The molecule has 0 saturated carbocycles. The zero-order valence-electron chi connectivity index (χ0n) is 19.0. The first-order valence-electron chi connectivity index (χ1n) is 11.2. The smallest absolute Gasteiger partial charge is 0.170 e. The second-order valence-electron chi connectivity index (χ2n) is 8.61. The molecule has 0 aliphatic carbocycles. The van der Waals surface area contributed by atoms with Crippen LogP contribution < -0.4 is 4.90 Å². The van der Waals surface area contributed by atoms with Crippen LogP contribution in [-0.2, 0) is 13.5 Å². The van der Waals surface area contributed by atoms with E-state index in [0.717, 1.165) is 60.4 Å². The number of aromatic nitrogens is 5. The number of hydrogen-bond acceptors (Lipinski definition) is 7. The summed E-state index contributed by atoms with van der Waals surface area (Å²) in [6, 6.07) is 9.72. The van der Waals surface area contributed by atoms with E-state index in [-0.39, 0.29) is 12.2 Å². The van der Waals surface area contributed by atoms with Gasteiger partial charge in [0.05, 0.1) is 18.1 Å². The number of fused-ring (bicyclic) bond motifs is 1. The van der Waals surface area contributed by atoms with Gasteiger partial charge < -0.3 is 9.80 Å². The van der Waals surface area contributed by atoms with Crippen LogP contribution in [0.15, 0.2) is 55.1 Å². The third kappa shape index (κ3) is 4.75. The van der Waals surface area contributed by atoms with E-state index in [1.54, 1.807) is 23.1 Å². The minimum atomic E-state index is -0.00615. The van der Waals surface area contributed by atoms with Crippen molar-refractivity contribution in [1.29, 1.82) is 0 Å². The minimum Gasteiger partial charge on any atom is -0.355 e. The van der Waals surface area contributed by atoms with E-state index in [4.69, 9.17) is 0 Å². The minimum absolute atomic E-state index is 0.00615. The standard InChI is InChI=1S/C25H27N7O/c1-30-8-3-9-32(11-10-30)25-13-19(6-7-26-25)23(33)14-24-27-15-20-5-4-18(12-22(20)29-24)21-16-28-31(2)17-21/h4-7,12-13,15-17H,3,8-11,14H2,1-2H3. The summed E-state index contributed by atoms with van der Waals surface area (Å²) in [5.41, 5.74) is 3.52. The van der Waals surface area contributed by atoms with Gasteiger partial charge in [-0.25, -0.2) is 15.0 Å². The van der Waals surface area contributed by atoms with Gasteiger partial charge in [-0.3, -0.25) is 9.48 Å². The molecule has 0 N–H and O–H groups in total. The summed E-state index contributed by atoms with van der Waals surface area (Å²) in [7, 11) is 4.03. The van der Waals surface area contributed by atoms with Crippen LogP contribution in [0.5, 0.6) is 0 Å². The predicted molar refractivity (Wildman–Crippen MR) is 128 cm³/mol. The highest BCUT2D eigenvalue weighted by atomic mass is 16.1. The van der Waals surface area contributed by atoms with Crippen LogP contribution in [0.2, 0.25) is 0 Å². The van der Waals surface area contributed by atoms with E-state index >= 15 is 0 Å². The number of likely N-dealkylation sites (N-methyl/N-ethyl adjacent to an activating group) is 1. The van der Waals surface area contributed by atoms with Crippen LogP contribution in [0.25, 0.3) is 22.0 Å². The van der Waals surface area contributed by atoms with Crippen LogP contribution >= 0.6 is 0 Å². The topological polar surface area (TPSA) is 80.0 Å². The van der Waals surface area contributed by atoms with E-state index in [0.29, 0.717) is 11.4 Å². The van der Waals surface area contributed by atoms with Crippen molar-refractivity contribution < 1.29 is 4.79 Å². The summed E-state index contributed by atoms with van der Waals surface area (Å²) in [6.45, 7) is 3.93. The Hall–Kier alpha value is -3.65. The Balaban J connectivity index is 1.35. The van der Waals surface area contributed by atoms with Crippen molar-refractivity contribution in [3.63, 3.8) is 0 Å². The Morgan fingerprint density at radius 2 is 1.88 bits per heavy atom. The Bertz CT molecular complexity index is 1300. The van der Waals surface area contributed by atoms with E-state index in [1.165, 1.54) is 0 Å². The molecule has 0 amide bonds. The molecule has 168 valence electrons. The van der Waals surface area contributed by atoms with Crippen LogP contribution in [0.4, 0.5) is 5.82 Å². The summed E-state index contributed by atoms with van der Waals surface area (Å²) in [4.78, 5) is 31.3. The molecule has 3 aromatic heterocycles. The van der Waals surface area contributed by atoms with Crippen LogP contribution in [0.1, 0.15) is 22.6 Å². The first-order chi connectivity index (χ1) is 16.0. The number of carbonyl (C=O) groups excluding carboxylic acids is 1. The molecule has 1 aliphatic heterocycles. The van der Waals surface area contributed by atoms with Crippen molar-refractivity contribution in [3.8, 4) is 11.1 Å². The molecule has 0 atom stereocenters. The van der Waals surface area contributed by atoms with Gasteiger partial charge in [0.15, 0.2) is 5.78 Å². The number of nitrogens with zero attached hydrogens (tertiary/aromatic N) is 7. The average Bonchev–Trinajstić information content (AvgIpc) is 3.15. The van der Waals surface area contributed by atoms with Crippen molar-refractivity contribution in [2.45, 2.75) is 12.8 Å². The predicted octanol–water partition coefficient (Wildman–Crippen LogP) is 2.99. The van der Waals surface area contributed by atoms with Gasteiger partial charge in [0, 0.05) is 61.8 Å². The van der Waals surface area contributed by atoms with Gasteiger partial charge in [-0.2, -0.15) is 5.10 Å². The molecule has 0 spiro atoms. The lowest BCUT2D eigenvalue weighted by Crippen LogP contribution is -2.29. The molecule has 0 radical (unpaired) electrons. The van der Waals surface area contributed by atoms with E-state index in [2.05, 4.69) is 36.9 Å². The maximum Gasteiger partial charge on any atom is 0.170 e. The molecular formula is C25H27N7O. The van der Waals surface area contributed by atoms with Gasteiger partial charge in [0.2, 0.25) is 0 Å².